The van der Waals surface area contributed by atoms with E-state index >= 15 is 0 Å². The van der Waals surface area contributed by atoms with Gasteiger partial charge in [-0.3, -0.25) is 9.78 Å². The molecule has 144 valence electrons. The maximum Gasteiger partial charge on any atom is 0.253 e. The summed E-state index contributed by atoms with van der Waals surface area (Å²) in [6, 6.07) is 11.4. The van der Waals surface area contributed by atoms with Crippen LogP contribution in [-0.2, 0) is 6.54 Å². The summed E-state index contributed by atoms with van der Waals surface area (Å²) in [5.41, 5.74) is 1.89. The molecule has 0 saturated carbocycles. The molecule has 0 radical (unpaired) electrons. The highest BCUT2D eigenvalue weighted by atomic mass is 16.5. The molecule has 1 aliphatic heterocycles. The summed E-state index contributed by atoms with van der Waals surface area (Å²) in [5, 5.41) is 0. The van der Waals surface area contributed by atoms with E-state index in [1.165, 1.54) is 5.56 Å². The average molecular weight is 376 g/mol. The highest BCUT2D eigenvalue weighted by molar-refractivity contribution is 5.94. The molecule has 1 saturated heterocycles. The fourth-order valence-electron chi connectivity index (χ4n) is 3.78. The lowest BCUT2D eigenvalue weighted by Crippen LogP contribution is -2.38. The zero-order chi connectivity index (χ0) is 19.3. The number of piperidine rings is 1. The van der Waals surface area contributed by atoms with Crippen molar-refractivity contribution in [1.82, 2.24) is 19.4 Å². The quantitative estimate of drug-likeness (QED) is 0.685. The zero-order valence-electron chi connectivity index (χ0n) is 16.0. The van der Waals surface area contributed by atoms with Crippen LogP contribution in [0.2, 0.25) is 0 Å². The maximum atomic E-state index is 12.8. The van der Waals surface area contributed by atoms with Crippen molar-refractivity contribution < 1.29 is 9.53 Å². The number of aromatic nitrogens is 3. The van der Waals surface area contributed by atoms with Gasteiger partial charge in [0.1, 0.15) is 11.6 Å². The molecule has 6 heteroatoms. The third kappa shape index (κ3) is 3.91. The molecule has 1 aromatic carbocycles. The number of imidazole rings is 1. The first kappa shape index (κ1) is 18.2. The molecule has 28 heavy (non-hydrogen) atoms. The summed E-state index contributed by atoms with van der Waals surface area (Å²) >= 11 is 0. The van der Waals surface area contributed by atoms with E-state index in [0.717, 1.165) is 38.3 Å². The van der Waals surface area contributed by atoms with Crippen LogP contribution in [0.3, 0.4) is 0 Å². The Morgan fingerprint density at radius 2 is 1.93 bits per heavy atom. The topological polar surface area (TPSA) is 60.2 Å². The van der Waals surface area contributed by atoms with Crippen molar-refractivity contribution in [1.29, 1.82) is 0 Å². The number of hydrogen-bond acceptors (Lipinski definition) is 4. The predicted octanol–water partition coefficient (Wildman–Crippen LogP) is 3.35. The molecule has 2 aromatic heterocycles. The van der Waals surface area contributed by atoms with Crippen LogP contribution in [0.5, 0.6) is 5.75 Å². The van der Waals surface area contributed by atoms with Crippen LogP contribution in [0.4, 0.5) is 0 Å². The van der Waals surface area contributed by atoms with E-state index in [-0.39, 0.29) is 5.91 Å². The normalized spacial score (nSPS) is 14.8. The number of likely N-dealkylation sites (tertiary alicyclic amines) is 1. The van der Waals surface area contributed by atoms with Crippen molar-refractivity contribution in [3.05, 3.63) is 78.1 Å². The van der Waals surface area contributed by atoms with Crippen molar-refractivity contribution in [3.8, 4) is 5.75 Å². The first-order valence-electron chi connectivity index (χ1n) is 9.58. The molecular formula is C22H24N4O2. The third-order valence-electron chi connectivity index (χ3n) is 5.31. The first-order valence-corrected chi connectivity index (χ1v) is 9.58. The lowest BCUT2D eigenvalue weighted by Gasteiger charge is -2.32. The number of nitrogens with zero attached hydrogens (tertiary/aromatic N) is 4. The lowest BCUT2D eigenvalue weighted by molar-refractivity contribution is 0.0710. The minimum Gasteiger partial charge on any atom is -0.497 e. The van der Waals surface area contributed by atoms with Gasteiger partial charge in [0.2, 0.25) is 0 Å². The van der Waals surface area contributed by atoms with Gasteiger partial charge in [0, 0.05) is 55.9 Å². The Bertz CT molecular complexity index is 930. The van der Waals surface area contributed by atoms with Gasteiger partial charge >= 0.3 is 0 Å². The fraction of sp³-hybridized carbons (Fsp3) is 0.318. The highest BCUT2D eigenvalue weighted by Gasteiger charge is 2.27. The average Bonchev–Trinajstić information content (AvgIpc) is 3.22. The van der Waals surface area contributed by atoms with E-state index in [1.54, 1.807) is 13.2 Å². The van der Waals surface area contributed by atoms with Gasteiger partial charge in [-0.15, -0.1) is 0 Å². The maximum absolute atomic E-state index is 12.8. The van der Waals surface area contributed by atoms with Crippen molar-refractivity contribution in [2.75, 3.05) is 20.2 Å². The molecule has 1 aliphatic rings. The second kappa shape index (κ2) is 8.25. The summed E-state index contributed by atoms with van der Waals surface area (Å²) in [6.45, 7) is 2.27. The van der Waals surface area contributed by atoms with E-state index in [2.05, 4.69) is 14.5 Å². The Kier molecular flexibility index (Phi) is 5.37. The summed E-state index contributed by atoms with van der Waals surface area (Å²) in [4.78, 5) is 23.4. The molecule has 0 unspecified atom stereocenters. The van der Waals surface area contributed by atoms with Gasteiger partial charge in [-0.05, 0) is 48.7 Å². The standard InChI is InChI=1S/C22H24N4O2/c1-28-20-4-2-3-19(15-20)22(27)25-12-7-18(8-13-25)21-24-11-14-26(21)16-17-5-9-23-10-6-17/h2-6,9-11,14-15,18H,7-8,12-13,16H2,1H3. The number of carbonyl (C=O) groups is 1. The molecule has 1 fully saturated rings. The molecular weight excluding hydrogens is 352 g/mol. The molecule has 0 aliphatic carbocycles. The minimum atomic E-state index is 0.0671. The minimum absolute atomic E-state index is 0.0671. The van der Waals surface area contributed by atoms with Gasteiger partial charge in [-0.25, -0.2) is 4.98 Å². The number of benzene rings is 1. The van der Waals surface area contributed by atoms with Gasteiger partial charge in [0.15, 0.2) is 0 Å². The highest BCUT2D eigenvalue weighted by Crippen LogP contribution is 2.28. The van der Waals surface area contributed by atoms with Crippen molar-refractivity contribution in [2.45, 2.75) is 25.3 Å². The Balaban J connectivity index is 1.41. The van der Waals surface area contributed by atoms with Gasteiger partial charge in [0.05, 0.1) is 7.11 Å². The van der Waals surface area contributed by atoms with E-state index in [4.69, 9.17) is 4.74 Å². The molecule has 0 bridgehead atoms. The van der Waals surface area contributed by atoms with Gasteiger partial charge in [-0.2, -0.15) is 0 Å². The van der Waals surface area contributed by atoms with Gasteiger partial charge in [0.25, 0.3) is 5.91 Å². The molecule has 6 nitrogen and oxygen atoms in total. The van der Waals surface area contributed by atoms with Crippen LogP contribution < -0.4 is 4.74 Å². The Hall–Kier alpha value is -3.15. The van der Waals surface area contributed by atoms with Crippen LogP contribution in [-0.4, -0.2) is 45.5 Å². The summed E-state index contributed by atoms with van der Waals surface area (Å²) in [7, 11) is 1.61. The number of pyridine rings is 1. The largest absolute Gasteiger partial charge is 0.497 e. The van der Waals surface area contributed by atoms with Crippen LogP contribution in [0.1, 0.15) is 40.5 Å². The molecule has 0 spiro atoms. The van der Waals surface area contributed by atoms with E-state index in [9.17, 15) is 4.79 Å². The Morgan fingerprint density at radius 1 is 1.14 bits per heavy atom. The molecule has 0 N–H and O–H groups in total. The third-order valence-corrected chi connectivity index (χ3v) is 5.31. The fourth-order valence-corrected chi connectivity index (χ4v) is 3.78. The zero-order valence-corrected chi connectivity index (χ0v) is 16.0. The van der Waals surface area contributed by atoms with E-state index in [0.29, 0.717) is 17.2 Å². The molecule has 1 amide bonds. The molecule has 4 rings (SSSR count). The summed E-state index contributed by atoms with van der Waals surface area (Å²) < 4.78 is 7.44. The van der Waals surface area contributed by atoms with Crippen LogP contribution in [0, 0.1) is 0 Å². The van der Waals surface area contributed by atoms with Crippen LogP contribution in [0.25, 0.3) is 0 Å². The molecule has 0 atom stereocenters. The van der Waals surface area contributed by atoms with E-state index in [1.807, 2.05) is 60.0 Å². The monoisotopic (exact) mass is 376 g/mol. The Morgan fingerprint density at radius 3 is 2.68 bits per heavy atom. The van der Waals surface area contributed by atoms with Crippen LogP contribution in [0.15, 0.2) is 61.2 Å². The number of methoxy groups -OCH3 is 1. The van der Waals surface area contributed by atoms with E-state index < -0.39 is 0 Å². The van der Waals surface area contributed by atoms with Gasteiger partial charge < -0.3 is 14.2 Å². The summed E-state index contributed by atoms with van der Waals surface area (Å²) in [5.74, 6) is 2.24. The number of ether oxygens (including phenoxy) is 1. The number of amides is 1. The predicted molar refractivity (Wildman–Crippen MR) is 106 cm³/mol. The molecule has 3 aromatic rings. The number of hydrogen-bond donors (Lipinski definition) is 0. The van der Waals surface area contributed by atoms with Crippen molar-refractivity contribution >= 4 is 5.91 Å². The second-order valence-corrected chi connectivity index (χ2v) is 7.07. The van der Waals surface area contributed by atoms with Crippen molar-refractivity contribution in [2.24, 2.45) is 0 Å². The van der Waals surface area contributed by atoms with Crippen molar-refractivity contribution in [3.63, 3.8) is 0 Å². The first-order chi connectivity index (χ1) is 13.7. The second-order valence-electron chi connectivity index (χ2n) is 7.07. The SMILES string of the molecule is COc1cccc(C(=O)N2CCC(c3nccn3Cc3ccncc3)CC2)c1. The smallest absolute Gasteiger partial charge is 0.253 e. The summed E-state index contributed by atoms with van der Waals surface area (Å²) in [6.07, 6.45) is 9.36. The number of rotatable bonds is 5. The van der Waals surface area contributed by atoms with Crippen LogP contribution >= 0.6 is 0 Å². The molecule has 3 heterocycles. The lowest BCUT2D eigenvalue weighted by atomic mass is 9.95. The number of carbonyl (C=O) groups excluding carboxylic acids is 1. The Labute approximate surface area is 164 Å². The van der Waals surface area contributed by atoms with Gasteiger partial charge in [-0.1, -0.05) is 6.07 Å².